The maximum Gasteiger partial charge on any atom is 0.240 e. The summed E-state index contributed by atoms with van der Waals surface area (Å²) in [6.07, 6.45) is 55.2. The van der Waals surface area contributed by atoms with Crippen LogP contribution in [-0.2, 0) is 0 Å². The van der Waals surface area contributed by atoms with Crippen LogP contribution in [-0.4, -0.2) is 12.4 Å². The first-order valence-corrected chi connectivity index (χ1v) is 20.3. The van der Waals surface area contributed by atoms with Crippen LogP contribution >= 0.6 is 0 Å². The van der Waals surface area contributed by atoms with Gasteiger partial charge in [0.2, 0.25) is 6.17 Å². The van der Waals surface area contributed by atoms with Gasteiger partial charge in [0.05, 0.1) is 6.42 Å². The highest BCUT2D eigenvalue weighted by Crippen LogP contribution is 2.26. The van der Waals surface area contributed by atoms with Crippen LogP contribution in [0.25, 0.3) is 0 Å². The molecule has 0 aromatic carbocycles. The summed E-state index contributed by atoms with van der Waals surface area (Å²) in [4.78, 5) is 8.68. The van der Waals surface area contributed by atoms with E-state index in [1.54, 1.807) is 0 Å². The number of rotatable bonds is 36. The average molecular weight is 600 g/mol. The summed E-state index contributed by atoms with van der Waals surface area (Å²) in [7, 11) is 0. The molecule has 0 aliphatic carbocycles. The van der Waals surface area contributed by atoms with Crippen molar-refractivity contribution < 1.29 is 0 Å². The smallest absolute Gasteiger partial charge is 0.0968 e. The number of hydrogen-bond acceptors (Lipinski definition) is 2. The van der Waals surface area contributed by atoms with E-state index in [-0.39, 0.29) is 0 Å². The minimum absolute atomic E-state index is 0.977. The Hall–Kier alpha value is -0.790. The molecule has 1 aliphatic rings. The van der Waals surface area contributed by atoms with Crippen LogP contribution < -0.4 is 0 Å². The zero-order valence-corrected chi connectivity index (χ0v) is 29.9. The van der Waals surface area contributed by atoms with E-state index in [0.717, 1.165) is 18.5 Å². The summed E-state index contributed by atoms with van der Waals surface area (Å²) in [6.45, 7) is 4.62. The molecule has 2 heteroatoms. The Morgan fingerprint density at radius 2 is 0.605 bits per heavy atom. The minimum atomic E-state index is 0.977. The molecule has 0 saturated carbocycles. The van der Waals surface area contributed by atoms with Gasteiger partial charge in [-0.25, -0.2) is 0 Å². The summed E-state index contributed by atoms with van der Waals surface area (Å²) in [5, 5.41) is 0. The fourth-order valence-electron chi connectivity index (χ4n) is 6.98. The van der Waals surface area contributed by atoms with Crippen molar-refractivity contribution in [1.82, 2.24) is 0 Å². The highest BCUT2D eigenvalue weighted by molar-refractivity contribution is 6.18. The quantitative estimate of drug-likeness (QED) is 0.0505. The van der Waals surface area contributed by atoms with Crippen LogP contribution in [0, 0.1) is 12.1 Å². The fourth-order valence-corrected chi connectivity index (χ4v) is 6.98. The van der Waals surface area contributed by atoms with Crippen molar-refractivity contribution in [3.8, 4) is 0 Å². The molecule has 1 atom stereocenters. The summed E-state index contributed by atoms with van der Waals surface area (Å²) in [5.74, 6) is 0.977. The van der Waals surface area contributed by atoms with Gasteiger partial charge in [-0.3, -0.25) is 0 Å². The molecule has 0 radical (unpaired) electrons. The lowest BCUT2D eigenvalue weighted by Gasteiger charge is -2.17. The lowest BCUT2D eigenvalue weighted by atomic mass is 9.89. The third-order valence-corrected chi connectivity index (χ3v) is 9.96. The van der Waals surface area contributed by atoms with Crippen LogP contribution in [0.15, 0.2) is 9.98 Å². The molecular formula is C41H79N2+. The molecule has 1 heterocycles. The second-order valence-corrected chi connectivity index (χ2v) is 14.2. The van der Waals surface area contributed by atoms with Crippen LogP contribution in [0.3, 0.4) is 0 Å². The van der Waals surface area contributed by atoms with E-state index >= 15 is 0 Å². The molecule has 43 heavy (non-hydrogen) atoms. The molecule has 0 saturated heterocycles. The first-order valence-electron chi connectivity index (χ1n) is 20.3. The number of nitrogens with zero attached hydrogens (tertiary/aromatic N) is 2. The van der Waals surface area contributed by atoms with E-state index in [9.17, 15) is 0 Å². The van der Waals surface area contributed by atoms with Crippen molar-refractivity contribution in [1.29, 1.82) is 0 Å². The molecule has 0 aromatic rings. The third-order valence-electron chi connectivity index (χ3n) is 9.96. The summed E-state index contributed by atoms with van der Waals surface area (Å²) >= 11 is 0. The van der Waals surface area contributed by atoms with Crippen molar-refractivity contribution in [3.63, 3.8) is 0 Å². The Morgan fingerprint density at radius 1 is 0.349 bits per heavy atom. The van der Waals surface area contributed by atoms with Gasteiger partial charge in [-0.05, 0) is 12.3 Å². The highest BCUT2D eigenvalue weighted by Gasteiger charge is 2.15. The van der Waals surface area contributed by atoms with Crippen molar-refractivity contribution in [2.24, 2.45) is 15.9 Å². The van der Waals surface area contributed by atoms with Crippen molar-refractivity contribution in [3.05, 3.63) is 6.17 Å². The molecule has 252 valence electrons. The van der Waals surface area contributed by atoms with Crippen LogP contribution in [0.5, 0.6) is 0 Å². The van der Waals surface area contributed by atoms with Gasteiger partial charge in [0, 0.05) is 0 Å². The SMILES string of the molecule is CCCCCCCCCCCCCCCCCCC(CCCCCCCCCCCCCC)CCCCC[C+]1N=CC=N1. The Bertz CT molecular complexity index is 570. The van der Waals surface area contributed by atoms with Crippen LogP contribution in [0.1, 0.15) is 239 Å². The standard InChI is InChI=1S/C41H79N2/c1-3-5-7-9-11-13-15-17-18-19-20-22-24-26-28-31-35-40(36-32-29-33-37-41-42-38-39-43-41)34-30-27-25-23-21-16-14-12-10-8-6-4-2/h38-40H,3-37H2,1-2H3/q+1. The summed E-state index contributed by atoms with van der Waals surface area (Å²) < 4.78 is 0. The molecule has 1 aliphatic heterocycles. The third kappa shape index (κ3) is 29.7. The van der Waals surface area contributed by atoms with Crippen LogP contribution in [0.2, 0.25) is 0 Å². The van der Waals surface area contributed by atoms with Crippen molar-refractivity contribution >= 4 is 12.4 Å². The van der Waals surface area contributed by atoms with Gasteiger partial charge in [-0.2, -0.15) is 0 Å². The molecule has 0 fully saturated rings. The van der Waals surface area contributed by atoms with Crippen molar-refractivity contribution in [2.75, 3.05) is 0 Å². The van der Waals surface area contributed by atoms with E-state index in [0.29, 0.717) is 0 Å². The fraction of sp³-hybridized carbons (Fsp3) is 0.927. The Kier molecular flexibility index (Phi) is 31.9. The summed E-state index contributed by atoms with van der Waals surface area (Å²) in [6, 6.07) is 0. The Labute approximate surface area is 272 Å². The minimum Gasteiger partial charge on any atom is -0.0968 e. The first kappa shape index (κ1) is 40.2. The molecule has 0 amide bonds. The van der Waals surface area contributed by atoms with E-state index in [1.165, 1.54) is 218 Å². The number of unbranched alkanes of at least 4 members (excludes halogenated alkanes) is 28. The van der Waals surface area contributed by atoms with Crippen molar-refractivity contribution in [2.45, 2.75) is 239 Å². The molecule has 0 bridgehead atoms. The van der Waals surface area contributed by atoms with Gasteiger partial charge in [-0.15, -0.1) is 0 Å². The molecule has 0 spiro atoms. The first-order chi connectivity index (χ1) is 21.4. The number of hydrogen-bond donors (Lipinski definition) is 0. The van der Waals surface area contributed by atoms with E-state index < -0.39 is 0 Å². The molecule has 2 nitrogen and oxygen atoms in total. The van der Waals surface area contributed by atoms with Gasteiger partial charge in [0.1, 0.15) is 0 Å². The van der Waals surface area contributed by atoms with E-state index in [1.807, 2.05) is 12.4 Å². The van der Waals surface area contributed by atoms with Gasteiger partial charge in [0.15, 0.2) is 12.4 Å². The highest BCUT2D eigenvalue weighted by atomic mass is 15.0. The predicted octanol–water partition coefficient (Wildman–Crippen LogP) is 14.9. The Balaban J connectivity index is 2.02. The van der Waals surface area contributed by atoms with E-state index in [4.69, 9.17) is 0 Å². The van der Waals surface area contributed by atoms with Gasteiger partial charge >= 0.3 is 0 Å². The summed E-state index contributed by atoms with van der Waals surface area (Å²) in [5.41, 5.74) is 0. The molecule has 0 N–H and O–H groups in total. The topological polar surface area (TPSA) is 24.7 Å². The largest absolute Gasteiger partial charge is 0.240 e. The maximum absolute atomic E-state index is 4.34. The average Bonchev–Trinajstić information content (AvgIpc) is 3.54. The van der Waals surface area contributed by atoms with Gasteiger partial charge in [-0.1, -0.05) is 236 Å². The molecule has 1 rings (SSSR count). The van der Waals surface area contributed by atoms with Crippen LogP contribution in [0.4, 0.5) is 0 Å². The molecule has 1 unspecified atom stereocenters. The number of aliphatic imine (C=N–C) groups is 2. The lowest BCUT2D eigenvalue weighted by molar-refractivity contribution is 0.366. The zero-order chi connectivity index (χ0) is 30.7. The normalized spacial score (nSPS) is 13.5. The molecule has 0 aromatic heterocycles. The van der Waals surface area contributed by atoms with Gasteiger partial charge in [0.25, 0.3) is 0 Å². The zero-order valence-electron chi connectivity index (χ0n) is 29.9. The van der Waals surface area contributed by atoms with E-state index in [2.05, 4.69) is 23.8 Å². The predicted molar refractivity (Wildman–Crippen MR) is 197 cm³/mol. The second kappa shape index (κ2) is 34.1. The van der Waals surface area contributed by atoms with Gasteiger partial charge < -0.3 is 0 Å². The lowest BCUT2D eigenvalue weighted by Crippen LogP contribution is -2.02. The maximum atomic E-state index is 4.34. The second-order valence-electron chi connectivity index (χ2n) is 14.2. The monoisotopic (exact) mass is 600 g/mol. The Morgan fingerprint density at radius 3 is 0.907 bits per heavy atom. The molecular weight excluding hydrogens is 520 g/mol.